The van der Waals surface area contributed by atoms with Crippen LogP contribution in [0.5, 0.6) is 17.2 Å². The van der Waals surface area contributed by atoms with E-state index in [-0.39, 0.29) is 11.6 Å². The number of ketones is 2. The first kappa shape index (κ1) is 20.3. The maximum atomic E-state index is 12.9. The zero-order valence-corrected chi connectivity index (χ0v) is 16.9. The fourth-order valence-electron chi connectivity index (χ4n) is 3.10. The Morgan fingerprint density at radius 1 is 0.828 bits per heavy atom. The van der Waals surface area contributed by atoms with E-state index in [9.17, 15) is 9.59 Å². The van der Waals surface area contributed by atoms with Crippen LogP contribution in [-0.4, -0.2) is 18.7 Å². The van der Waals surface area contributed by atoms with Gasteiger partial charge in [0.25, 0.3) is 0 Å². The summed E-state index contributed by atoms with van der Waals surface area (Å²) >= 11 is 0. The average Bonchev–Trinajstić information content (AvgIpc) is 2.75. The van der Waals surface area contributed by atoms with Gasteiger partial charge < -0.3 is 9.47 Å². The first-order valence-electron chi connectivity index (χ1n) is 9.62. The van der Waals surface area contributed by atoms with Crippen LogP contribution in [0.2, 0.25) is 0 Å². The minimum atomic E-state index is -0.0462. The van der Waals surface area contributed by atoms with E-state index < -0.39 is 0 Å². The number of aryl methyl sites for hydroxylation is 1. The molecule has 4 nitrogen and oxygen atoms in total. The SMILES string of the molecule is CCCc1cc(C(=O)c2ccc(OC)cc2)ccc1Oc1cccc(C(C)=O)c1. The van der Waals surface area contributed by atoms with Gasteiger partial charge in [-0.05, 0) is 73.5 Å². The molecule has 0 unspecified atom stereocenters. The third kappa shape index (κ3) is 4.91. The molecule has 3 aromatic carbocycles. The molecule has 0 saturated heterocycles. The van der Waals surface area contributed by atoms with Crippen LogP contribution in [0.4, 0.5) is 0 Å². The van der Waals surface area contributed by atoms with E-state index in [0.717, 1.165) is 18.4 Å². The summed E-state index contributed by atoms with van der Waals surface area (Å²) in [6, 6.07) is 19.7. The van der Waals surface area contributed by atoms with Crippen LogP contribution < -0.4 is 9.47 Å². The van der Waals surface area contributed by atoms with Crippen LogP contribution >= 0.6 is 0 Å². The fourth-order valence-corrected chi connectivity index (χ4v) is 3.10. The molecular weight excluding hydrogens is 364 g/mol. The Balaban J connectivity index is 1.89. The van der Waals surface area contributed by atoms with Crippen molar-refractivity contribution < 1.29 is 19.1 Å². The normalized spacial score (nSPS) is 10.4. The van der Waals surface area contributed by atoms with E-state index in [2.05, 4.69) is 6.92 Å². The Kier molecular flexibility index (Phi) is 6.45. The van der Waals surface area contributed by atoms with E-state index in [4.69, 9.17) is 9.47 Å². The summed E-state index contributed by atoms with van der Waals surface area (Å²) in [5.74, 6) is 1.95. The van der Waals surface area contributed by atoms with Crippen LogP contribution in [0.1, 0.15) is 52.1 Å². The lowest BCUT2D eigenvalue weighted by molar-refractivity contribution is 0.101. The summed E-state index contributed by atoms with van der Waals surface area (Å²) in [6.07, 6.45) is 1.70. The van der Waals surface area contributed by atoms with Crippen molar-refractivity contribution in [1.29, 1.82) is 0 Å². The molecule has 0 amide bonds. The molecule has 0 N–H and O–H groups in total. The number of hydrogen-bond donors (Lipinski definition) is 0. The summed E-state index contributed by atoms with van der Waals surface area (Å²) in [7, 11) is 1.60. The number of hydrogen-bond acceptors (Lipinski definition) is 4. The van der Waals surface area contributed by atoms with Crippen LogP contribution in [0.25, 0.3) is 0 Å². The van der Waals surface area contributed by atoms with Gasteiger partial charge in [0.15, 0.2) is 11.6 Å². The van der Waals surface area contributed by atoms with Crippen LogP contribution in [-0.2, 0) is 6.42 Å². The predicted octanol–water partition coefficient (Wildman–Crippen LogP) is 5.87. The zero-order valence-electron chi connectivity index (χ0n) is 16.9. The Bertz CT molecular complexity index is 1020. The molecule has 0 saturated carbocycles. The molecule has 0 fully saturated rings. The summed E-state index contributed by atoms with van der Waals surface area (Å²) in [5, 5.41) is 0. The van der Waals surface area contributed by atoms with Gasteiger partial charge in [0.1, 0.15) is 17.2 Å². The Morgan fingerprint density at radius 3 is 2.21 bits per heavy atom. The van der Waals surface area contributed by atoms with Gasteiger partial charge >= 0.3 is 0 Å². The maximum Gasteiger partial charge on any atom is 0.193 e. The molecule has 0 bridgehead atoms. The minimum absolute atomic E-state index is 0.00957. The Labute approximate surface area is 171 Å². The number of methoxy groups -OCH3 is 1. The summed E-state index contributed by atoms with van der Waals surface area (Å²) in [6.45, 7) is 3.61. The topological polar surface area (TPSA) is 52.6 Å². The zero-order chi connectivity index (χ0) is 20.8. The van der Waals surface area contributed by atoms with Gasteiger partial charge in [0.05, 0.1) is 7.11 Å². The second-order valence-electron chi connectivity index (χ2n) is 6.82. The molecule has 0 radical (unpaired) electrons. The maximum absolute atomic E-state index is 12.9. The molecule has 0 aliphatic rings. The first-order chi connectivity index (χ1) is 14.0. The van der Waals surface area contributed by atoms with Gasteiger partial charge in [0.2, 0.25) is 0 Å². The summed E-state index contributed by atoms with van der Waals surface area (Å²) in [5.41, 5.74) is 2.78. The lowest BCUT2D eigenvalue weighted by Gasteiger charge is -2.13. The highest BCUT2D eigenvalue weighted by atomic mass is 16.5. The van der Waals surface area contributed by atoms with Crippen molar-refractivity contribution in [2.24, 2.45) is 0 Å². The molecule has 0 spiro atoms. The summed E-state index contributed by atoms with van der Waals surface area (Å²) < 4.78 is 11.2. The monoisotopic (exact) mass is 388 g/mol. The molecule has 0 aromatic heterocycles. The Hall–Kier alpha value is -3.40. The first-order valence-corrected chi connectivity index (χ1v) is 9.62. The number of carbonyl (C=O) groups is 2. The number of ether oxygens (including phenoxy) is 2. The number of benzene rings is 3. The van der Waals surface area contributed by atoms with Crippen molar-refractivity contribution in [1.82, 2.24) is 0 Å². The fraction of sp³-hybridized carbons (Fsp3) is 0.200. The average molecular weight is 388 g/mol. The lowest BCUT2D eigenvalue weighted by Crippen LogP contribution is -2.03. The molecule has 0 heterocycles. The van der Waals surface area contributed by atoms with E-state index in [1.54, 1.807) is 55.6 Å². The van der Waals surface area contributed by atoms with E-state index >= 15 is 0 Å². The van der Waals surface area contributed by atoms with Crippen molar-refractivity contribution in [2.45, 2.75) is 26.7 Å². The van der Waals surface area contributed by atoms with Gasteiger partial charge in [-0.15, -0.1) is 0 Å². The molecule has 0 atom stereocenters. The highest BCUT2D eigenvalue weighted by molar-refractivity contribution is 6.09. The molecule has 3 rings (SSSR count). The van der Waals surface area contributed by atoms with Gasteiger partial charge in [-0.3, -0.25) is 9.59 Å². The van der Waals surface area contributed by atoms with Crippen LogP contribution in [0.15, 0.2) is 66.7 Å². The molecule has 0 aliphatic carbocycles. The van der Waals surface area contributed by atoms with Gasteiger partial charge in [-0.1, -0.05) is 25.5 Å². The predicted molar refractivity (Wildman–Crippen MR) is 113 cm³/mol. The van der Waals surface area contributed by atoms with Gasteiger partial charge in [0, 0.05) is 16.7 Å². The Morgan fingerprint density at radius 2 is 1.55 bits per heavy atom. The van der Waals surface area contributed by atoms with Gasteiger partial charge in [-0.2, -0.15) is 0 Å². The highest BCUT2D eigenvalue weighted by Crippen LogP contribution is 2.29. The largest absolute Gasteiger partial charge is 0.497 e. The summed E-state index contributed by atoms with van der Waals surface area (Å²) in [4.78, 5) is 24.5. The van der Waals surface area contributed by atoms with Crippen molar-refractivity contribution in [2.75, 3.05) is 7.11 Å². The quantitative estimate of drug-likeness (QED) is 0.453. The smallest absolute Gasteiger partial charge is 0.193 e. The highest BCUT2D eigenvalue weighted by Gasteiger charge is 2.13. The van der Waals surface area contributed by atoms with Gasteiger partial charge in [-0.25, -0.2) is 0 Å². The van der Waals surface area contributed by atoms with Crippen LogP contribution in [0.3, 0.4) is 0 Å². The number of Topliss-reactive ketones (excluding diaryl/α,β-unsaturated/α-hetero) is 1. The van der Waals surface area contributed by atoms with E-state index in [0.29, 0.717) is 33.9 Å². The lowest BCUT2D eigenvalue weighted by atomic mass is 9.99. The number of carbonyl (C=O) groups excluding carboxylic acids is 2. The molecule has 4 heteroatoms. The minimum Gasteiger partial charge on any atom is -0.497 e. The third-order valence-corrected chi connectivity index (χ3v) is 4.66. The second-order valence-corrected chi connectivity index (χ2v) is 6.82. The van der Waals surface area contributed by atoms with E-state index in [1.807, 2.05) is 18.2 Å². The second kappa shape index (κ2) is 9.20. The van der Waals surface area contributed by atoms with E-state index in [1.165, 1.54) is 6.92 Å². The van der Waals surface area contributed by atoms with Crippen molar-refractivity contribution >= 4 is 11.6 Å². The standard InChI is InChI=1S/C25H24O4/c1-4-6-20-15-21(25(27)18-9-12-22(28-3)13-10-18)11-14-24(20)29-23-8-5-7-19(16-23)17(2)26/h5,7-16H,4,6H2,1-3H3. The van der Waals surface area contributed by atoms with Crippen molar-refractivity contribution in [3.8, 4) is 17.2 Å². The molecule has 0 aliphatic heterocycles. The third-order valence-electron chi connectivity index (χ3n) is 4.66. The van der Waals surface area contributed by atoms with Crippen LogP contribution in [0, 0.1) is 0 Å². The van der Waals surface area contributed by atoms with Crippen molar-refractivity contribution in [3.05, 3.63) is 89.0 Å². The molecule has 3 aromatic rings. The number of rotatable bonds is 8. The van der Waals surface area contributed by atoms with Crippen molar-refractivity contribution in [3.63, 3.8) is 0 Å². The molecule has 148 valence electrons. The molecular formula is C25H24O4. The molecule has 29 heavy (non-hydrogen) atoms.